The highest BCUT2D eigenvalue weighted by atomic mass is 35.5. The lowest BCUT2D eigenvalue weighted by Gasteiger charge is -2.10. The van der Waals surface area contributed by atoms with E-state index in [1.165, 1.54) is 24.3 Å². The van der Waals surface area contributed by atoms with E-state index >= 15 is 0 Å². The number of aromatic nitrogens is 2. The first-order valence-electron chi connectivity index (χ1n) is 7.82. The van der Waals surface area contributed by atoms with Crippen LogP contribution < -0.4 is 10.9 Å². The lowest BCUT2D eigenvalue weighted by molar-refractivity contribution is 0.102. The normalized spacial score (nSPS) is 10.6. The summed E-state index contributed by atoms with van der Waals surface area (Å²) in [5.74, 6) is -0.817. The van der Waals surface area contributed by atoms with Gasteiger partial charge in [-0.25, -0.2) is 9.07 Å². The first kappa shape index (κ1) is 17.8. The Morgan fingerprint density at radius 1 is 1.15 bits per heavy atom. The average molecular weight is 372 g/mol. The Labute approximate surface area is 154 Å². The molecular weight excluding hydrogens is 357 g/mol. The van der Waals surface area contributed by atoms with Crippen LogP contribution in [-0.4, -0.2) is 15.7 Å². The van der Waals surface area contributed by atoms with Crippen LogP contribution in [0.15, 0.2) is 59.4 Å². The first-order chi connectivity index (χ1) is 12.4. The van der Waals surface area contributed by atoms with E-state index in [1.807, 2.05) is 6.92 Å². The minimum absolute atomic E-state index is 0.0890. The Morgan fingerprint density at radius 2 is 1.88 bits per heavy atom. The molecule has 2 aromatic carbocycles. The Balaban J connectivity index is 1.84. The van der Waals surface area contributed by atoms with E-state index < -0.39 is 5.91 Å². The van der Waals surface area contributed by atoms with E-state index in [4.69, 9.17) is 11.6 Å². The predicted octanol–water partition coefficient (Wildman–Crippen LogP) is 3.64. The molecule has 1 amide bonds. The van der Waals surface area contributed by atoms with Gasteiger partial charge in [0.25, 0.3) is 11.5 Å². The molecule has 0 saturated carbocycles. The number of anilines is 1. The molecule has 0 aliphatic carbocycles. The number of nitrogens with one attached hydrogen (secondary N) is 1. The van der Waals surface area contributed by atoms with Crippen molar-refractivity contribution in [3.8, 4) is 0 Å². The minimum Gasteiger partial charge on any atom is -0.320 e. The Hall–Kier alpha value is -2.99. The fraction of sp³-hybridized carbons (Fsp3) is 0.105. The molecule has 0 unspecified atom stereocenters. The van der Waals surface area contributed by atoms with Crippen molar-refractivity contribution in [1.82, 2.24) is 9.78 Å². The zero-order valence-corrected chi connectivity index (χ0v) is 14.6. The van der Waals surface area contributed by atoms with Crippen molar-refractivity contribution < 1.29 is 9.18 Å². The van der Waals surface area contributed by atoms with E-state index in [-0.39, 0.29) is 23.6 Å². The largest absolute Gasteiger partial charge is 0.320 e. The summed E-state index contributed by atoms with van der Waals surface area (Å²) in [7, 11) is 0. The highest BCUT2D eigenvalue weighted by Crippen LogP contribution is 2.20. The quantitative estimate of drug-likeness (QED) is 0.761. The van der Waals surface area contributed by atoms with Gasteiger partial charge in [0.15, 0.2) is 0 Å². The maximum Gasteiger partial charge on any atom is 0.276 e. The smallest absolute Gasteiger partial charge is 0.276 e. The molecule has 7 heteroatoms. The monoisotopic (exact) mass is 371 g/mol. The summed E-state index contributed by atoms with van der Waals surface area (Å²) in [6.07, 6.45) is 0. The van der Waals surface area contributed by atoms with Crippen LogP contribution in [0.4, 0.5) is 10.1 Å². The van der Waals surface area contributed by atoms with Crippen LogP contribution in [0.25, 0.3) is 0 Å². The molecule has 3 rings (SSSR count). The van der Waals surface area contributed by atoms with Crippen LogP contribution in [0.2, 0.25) is 5.02 Å². The van der Waals surface area contributed by atoms with E-state index in [2.05, 4.69) is 10.4 Å². The third kappa shape index (κ3) is 4.15. The van der Waals surface area contributed by atoms with Crippen LogP contribution in [-0.2, 0) is 6.54 Å². The summed E-state index contributed by atoms with van der Waals surface area (Å²) in [6, 6.07) is 13.5. The number of benzene rings is 2. The van der Waals surface area contributed by atoms with Crippen molar-refractivity contribution in [1.29, 1.82) is 0 Å². The van der Waals surface area contributed by atoms with Crippen molar-refractivity contribution in [3.63, 3.8) is 0 Å². The van der Waals surface area contributed by atoms with E-state index in [9.17, 15) is 14.0 Å². The van der Waals surface area contributed by atoms with Gasteiger partial charge in [0.2, 0.25) is 0 Å². The molecule has 1 aromatic heterocycles. The molecule has 0 spiro atoms. The van der Waals surface area contributed by atoms with Gasteiger partial charge in [-0.15, -0.1) is 0 Å². The Kier molecular flexibility index (Phi) is 5.14. The van der Waals surface area contributed by atoms with Gasteiger partial charge in [-0.3, -0.25) is 9.59 Å². The number of hydrogen-bond acceptors (Lipinski definition) is 3. The van der Waals surface area contributed by atoms with Crippen LogP contribution in [0.1, 0.15) is 21.6 Å². The Morgan fingerprint density at radius 3 is 2.62 bits per heavy atom. The fourth-order valence-corrected chi connectivity index (χ4v) is 2.53. The summed E-state index contributed by atoms with van der Waals surface area (Å²) in [5, 5.41) is 7.34. The molecule has 1 heterocycles. The highest BCUT2D eigenvalue weighted by molar-refractivity contribution is 6.31. The van der Waals surface area contributed by atoms with Crippen LogP contribution in [0.3, 0.4) is 0 Å². The van der Waals surface area contributed by atoms with Gasteiger partial charge >= 0.3 is 0 Å². The molecule has 0 bridgehead atoms. The highest BCUT2D eigenvalue weighted by Gasteiger charge is 2.12. The van der Waals surface area contributed by atoms with Gasteiger partial charge in [0, 0.05) is 16.8 Å². The van der Waals surface area contributed by atoms with E-state index in [0.717, 1.165) is 10.2 Å². The predicted molar refractivity (Wildman–Crippen MR) is 98.1 cm³/mol. The van der Waals surface area contributed by atoms with Crippen molar-refractivity contribution >= 4 is 23.2 Å². The van der Waals surface area contributed by atoms with Crippen LogP contribution >= 0.6 is 11.6 Å². The molecule has 26 heavy (non-hydrogen) atoms. The van der Waals surface area contributed by atoms with E-state index in [1.54, 1.807) is 30.3 Å². The number of nitrogens with zero attached hydrogens (tertiary/aromatic N) is 2. The molecule has 0 fully saturated rings. The summed E-state index contributed by atoms with van der Waals surface area (Å²) in [5.41, 5.74) is 1.85. The topological polar surface area (TPSA) is 64.0 Å². The number of carbonyl (C=O) groups excluding carboxylic acids is 1. The van der Waals surface area contributed by atoms with Crippen molar-refractivity contribution in [2.45, 2.75) is 13.5 Å². The summed E-state index contributed by atoms with van der Waals surface area (Å²) in [4.78, 5) is 24.5. The number of amides is 1. The molecule has 0 aliphatic heterocycles. The molecule has 0 radical (unpaired) electrons. The van der Waals surface area contributed by atoms with E-state index in [0.29, 0.717) is 16.3 Å². The molecule has 0 aliphatic rings. The standard InChI is InChI=1S/C19H15ClFN3O2/c1-12-2-5-14(20)10-17(12)22-19(26)16-8-9-18(25)24(23-16)11-13-3-6-15(21)7-4-13/h2-10H,11H2,1H3,(H,22,26). The van der Waals surface area contributed by atoms with Crippen LogP contribution in [0, 0.1) is 12.7 Å². The molecule has 132 valence electrons. The van der Waals surface area contributed by atoms with Gasteiger partial charge in [-0.1, -0.05) is 29.8 Å². The molecular formula is C19H15ClFN3O2. The molecule has 3 aromatic rings. The van der Waals surface area contributed by atoms with Crippen LogP contribution in [0.5, 0.6) is 0 Å². The number of hydrogen-bond donors (Lipinski definition) is 1. The zero-order chi connectivity index (χ0) is 18.7. The molecule has 0 saturated heterocycles. The SMILES string of the molecule is Cc1ccc(Cl)cc1NC(=O)c1ccc(=O)n(Cc2ccc(F)cc2)n1. The fourth-order valence-electron chi connectivity index (χ4n) is 2.36. The molecule has 0 atom stereocenters. The first-order valence-corrected chi connectivity index (χ1v) is 8.20. The number of halogens is 2. The lowest BCUT2D eigenvalue weighted by atomic mass is 10.2. The second-order valence-corrected chi connectivity index (χ2v) is 6.19. The van der Waals surface area contributed by atoms with Crippen molar-refractivity contribution in [2.75, 3.05) is 5.32 Å². The third-order valence-electron chi connectivity index (χ3n) is 3.79. The Bertz CT molecular complexity index is 1020. The number of carbonyl (C=O) groups is 1. The summed E-state index contributed by atoms with van der Waals surface area (Å²) >= 11 is 5.95. The van der Waals surface area contributed by atoms with Gasteiger partial charge < -0.3 is 5.32 Å². The molecule has 1 N–H and O–H groups in total. The zero-order valence-electron chi connectivity index (χ0n) is 13.9. The van der Waals surface area contributed by atoms with Gasteiger partial charge in [-0.2, -0.15) is 5.10 Å². The van der Waals surface area contributed by atoms with Crippen molar-refractivity contribution in [3.05, 3.63) is 92.6 Å². The summed E-state index contributed by atoms with van der Waals surface area (Å²) in [6.45, 7) is 1.98. The number of rotatable bonds is 4. The second kappa shape index (κ2) is 7.49. The average Bonchev–Trinajstić information content (AvgIpc) is 2.62. The third-order valence-corrected chi connectivity index (χ3v) is 4.03. The summed E-state index contributed by atoms with van der Waals surface area (Å²) < 4.78 is 14.2. The minimum atomic E-state index is -0.455. The van der Waals surface area contributed by atoms with Crippen molar-refractivity contribution in [2.24, 2.45) is 0 Å². The van der Waals surface area contributed by atoms with Gasteiger partial charge in [0.05, 0.1) is 6.54 Å². The number of aryl methyl sites for hydroxylation is 1. The maximum absolute atomic E-state index is 13.0. The second-order valence-electron chi connectivity index (χ2n) is 5.75. The van der Waals surface area contributed by atoms with Gasteiger partial charge in [0.1, 0.15) is 11.5 Å². The van der Waals surface area contributed by atoms with Gasteiger partial charge in [-0.05, 0) is 48.4 Å². The maximum atomic E-state index is 13.0. The lowest BCUT2D eigenvalue weighted by Crippen LogP contribution is -2.26. The molecule has 5 nitrogen and oxygen atoms in total.